The first-order valence-electron chi connectivity index (χ1n) is 5.00. The second kappa shape index (κ2) is 6.18. The SMILES string of the molecule is CCOC(=O)/C=C(\C)Nc1ccccc1Cl. The van der Waals surface area contributed by atoms with Crippen molar-refractivity contribution in [3.8, 4) is 0 Å². The van der Waals surface area contributed by atoms with Crippen molar-refractivity contribution in [3.63, 3.8) is 0 Å². The number of rotatable bonds is 4. The Bertz CT molecular complexity index is 402. The van der Waals surface area contributed by atoms with E-state index in [4.69, 9.17) is 16.3 Å². The van der Waals surface area contributed by atoms with Gasteiger partial charge in [0.25, 0.3) is 0 Å². The Morgan fingerprint density at radius 3 is 2.81 bits per heavy atom. The molecule has 1 N–H and O–H groups in total. The molecule has 0 unspecified atom stereocenters. The molecule has 4 heteroatoms. The van der Waals surface area contributed by atoms with Crippen LogP contribution >= 0.6 is 11.6 Å². The Kier molecular flexibility index (Phi) is 4.86. The molecule has 0 saturated carbocycles. The highest BCUT2D eigenvalue weighted by Crippen LogP contribution is 2.21. The van der Waals surface area contributed by atoms with Crippen molar-refractivity contribution in [1.82, 2.24) is 0 Å². The summed E-state index contributed by atoms with van der Waals surface area (Å²) in [5.74, 6) is -0.362. The first-order chi connectivity index (χ1) is 7.63. The highest BCUT2D eigenvalue weighted by molar-refractivity contribution is 6.33. The van der Waals surface area contributed by atoms with E-state index >= 15 is 0 Å². The lowest BCUT2D eigenvalue weighted by Crippen LogP contribution is -2.04. The third kappa shape index (κ3) is 3.95. The minimum atomic E-state index is -0.362. The molecule has 0 aliphatic heterocycles. The van der Waals surface area contributed by atoms with Gasteiger partial charge in [0.2, 0.25) is 0 Å². The molecule has 16 heavy (non-hydrogen) atoms. The van der Waals surface area contributed by atoms with E-state index in [0.29, 0.717) is 17.3 Å². The van der Waals surface area contributed by atoms with Crippen LogP contribution in [0.4, 0.5) is 5.69 Å². The third-order valence-electron chi connectivity index (χ3n) is 1.83. The van der Waals surface area contributed by atoms with Gasteiger partial charge in [-0.05, 0) is 26.0 Å². The fourth-order valence-electron chi connectivity index (χ4n) is 1.17. The lowest BCUT2D eigenvalue weighted by molar-refractivity contribution is -0.137. The van der Waals surface area contributed by atoms with Gasteiger partial charge in [-0.15, -0.1) is 0 Å². The zero-order valence-electron chi connectivity index (χ0n) is 9.29. The first-order valence-corrected chi connectivity index (χ1v) is 5.38. The van der Waals surface area contributed by atoms with E-state index in [0.717, 1.165) is 5.69 Å². The van der Waals surface area contributed by atoms with Crippen LogP contribution in [0.2, 0.25) is 5.02 Å². The van der Waals surface area contributed by atoms with Crippen LogP contribution < -0.4 is 5.32 Å². The van der Waals surface area contributed by atoms with Crippen molar-refractivity contribution < 1.29 is 9.53 Å². The summed E-state index contributed by atoms with van der Waals surface area (Å²) in [7, 11) is 0. The molecule has 0 spiro atoms. The lowest BCUT2D eigenvalue weighted by Gasteiger charge is -2.07. The van der Waals surface area contributed by atoms with Crippen LogP contribution in [0, 0.1) is 0 Å². The quantitative estimate of drug-likeness (QED) is 0.648. The molecule has 0 amide bonds. The second-order valence-electron chi connectivity index (χ2n) is 3.18. The zero-order chi connectivity index (χ0) is 12.0. The van der Waals surface area contributed by atoms with Gasteiger partial charge in [-0.1, -0.05) is 23.7 Å². The van der Waals surface area contributed by atoms with Crippen LogP contribution in [0.5, 0.6) is 0 Å². The Morgan fingerprint density at radius 2 is 2.19 bits per heavy atom. The summed E-state index contributed by atoms with van der Waals surface area (Å²) in [6.07, 6.45) is 1.40. The Balaban J connectivity index is 2.67. The highest BCUT2D eigenvalue weighted by atomic mass is 35.5. The smallest absolute Gasteiger partial charge is 0.332 e. The molecule has 0 aliphatic carbocycles. The molecule has 0 aliphatic rings. The fraction of sp³-hybridized carbons (Fsp3) is 0.250. The van der Waals surface area contributed by atoms with Crippen molar-refractivity contribution in [2.75, 3.05) is 11.9 Å². The van der Waals surface area contributed by atoms with Gasteiger partial charge in [0.1, 0.15) is 0 Å². The van der Waals surface area contributed by atoms with Crippen LogP contribution in [0.25, 0.3) is 0 Å². The minimum Gasteiger partial charge on any atom is -0.463 e. The summed E-state index contributed by atoms with van der Waals surface area (Å²) in [5, 5.41) is 3.64. The Morgan fingerprint density at radius 1 is 1.50 bits per heavy atom. The summed E-state index contributed by atoms with van der Waals surface area (Å²) in [6, 6.07) is 7.33. The van der Waals surface area contributed by atoms with Crippen molar-refractivity contribution >= 4 is 23.3 Å². The molecule has 0 atom stereocenters. The zero-order valence-corrected chi connectivity index (χ0v) is 10.0. The maximum atomic E-state index is 11.2. The van der Waals surface area contributed by atoms with E-state index in [9.17, 15) is 4.79 Å². The average Bonchev–Trinajstić information content (AvgIpc) is 2.21. The van der Waals surface area contributed by atoms with Gasteiger partial charge in [-0.3, -0.25) is 0 Å². The molecular formula is C12H14ClNO2. The molecule has 1 aromatic carbocycles. The summed E-state index contributed by atoms with van der Waals surface area (Å²) in [4.78, 5) is 11.2. The Hall–Kier alpha value is -1.48. The normalized spacial score (nSPS) is 11.1. The summed E-state index contributed by atoms with van der Waals surface area (Å²) in [5.41, 5.74) is 1.45. The van der Waals surface area contributed by atoms with Gasteiger partial charge < -0.3 is 10.1 Å². The summed E-state index contributed by atoms with van der Waals surface area (Å²) < 4.78 is 4.79. The van der Waals surface area contributed by atoms with E-state index in [1.165, 1.54) is 6.08 Å². The van der Waals surface area contributed by atoms with Crippen LogP contribution in [0.1, 0.15) is 13.8 Å². The maximum Gasteiger partial charge on any atom is 0.332 e. The van der Waals surface area contributed by atoms with E-state index in [2.05, 4.69) is 5.32 Å². The lowest BCUT2D eigenvalue weighted by atomic mass is 10.3. The molecule has 0 saturated heterocycles. The Labute approximate surface area is 100 Å². The van der Waals surface area contributed by atoms with Gasteiger partial charge in [-0.2, -0.15) is 0 Å². The topological polar surface area (TPSA) is 38.3 Å². The molecule has 0 fully saturated rings. The molecule has 0 heterocycles. The van der Waals surface area contributed by atoms with Gasteiger partial charge in [-0.25, -0.2) is 4.79 Å². The van der Waals surface area contributed by atoms with Crippen LogP contribution in [0.3, 0.4) is 0 Å². The standard InChI is InChI=1S/C12H14ClNO2/c1-3-16-12(15)8-9(2)14-11-7-5-4-6-10(11)13/h4-8,14H,3H2,1-2H3/b9-8+. The van der Waals surface area contributed by atoms with Crippen LogP contribution in [0.15, 0.2) is 36.0 Å². The van der Waals surface area contributed by atoms with Gasteiger partial charge in [0.15, 0.2) is 0 Å². The number of allylic oxidation sites excluding steroid dienone is 1. The number of hydrogen-bond acceptors (Lipinski definition) is 3. The van der Waals surface area contributed by atoms with Crippen molar-refractivity contribution in [2.45, 2.75) is 13.8 Å². The molecule has 0 bridgehead atoms. The molecule has 0 radical (unpaired) electrons. The number of hydrogen-bond donors (Lipinski definition) is 1. The molecule has 3 nitrogen and oxygen atoms in total. The fourth-order valence-corrected chi connectivity index (χ4v) is 1.35. The second-order valence-corrected chi connectivity index (χ2v) is 3.59. The van der Waals surface area contributed by atoms with Crippen molar-refractivity contribution in [2.24, 2.45) is 0 Å². The molecule has 0 aromatic heterocycles. The molecular weight excluding hydrogens is 226 g/mol. The maximum absolute atomic E-state index is 11.2. The number of anilines is 1. The van der Waals surface area contributed by atoms with Crippen LogP contribution in [-0.2, 0) is 9.53 Å². The van der Waals surface area contributed by atoms with Gasteiger partial charge in [0.05, 0.1) is 17.3 Å². The summed E-state index contributed by atoms with van der Waals surface area (Å²) >= 11 is 5.96. The number of carbonyl (C=O) groups excluding carboxylic acids is 1. The highest BCUT2D eigenvalue weighted by Gasteiger charge is 2.01. The number of ether oxygens (including phenoxy) is 1. The van der Waals surface area contributed by atoms with E-state index < -0.39 is 0 Å². The summed E-state index contributed by atoms with van der Waals surface area (Å²) in [6.45, 7) is 3.91. The van der Waals surface area contributed by atoms with Gasteiger partial charge >= 0.3 is 5.97 Å². The van der Waals surface area contributed by atoms with E-state index in [-0.39, 0.29) is 5.97 Å². The van der Waals surface area contributed by atoms with Crippen molar-refractivity contribution in [1.29, 1.82) is 0 Å². The number of nitrogens with one attached hydrogen (secondary N) is 1. The van der Waals surface area contributed by atoms with E-state index in [1.807, 2.05) is 18.2 Å². The number of carbonyl (C=O) groups is 1. The largest absolute Gasteiger partial charge is 0.463 e. The average molecular weight is 240 g/mol. The number of para-hydroxylation sites is 1. The number of halogens is 1. The molecule has 1 aromatic rings. The molecule has 86 valence electrons. The van der Waals surface area contributed by atoms with Crippen molar-refractivity contribution in [3.05, 3.63) is 41.1 Å². The minimum absolute atomic E-state index is 0.362. The number of esters is 1. The monoisotopic (exact) mass is 239 g/mol. The first kappa shape index (κ1) is 12.6. The van der Waals surface area contributed by atoms with Gasteiger partial charge in [0, 0.05) is 11.8 Å². The predicted octanol–water partition coefficient (Wildman–Crippen LogP) is 3.22. The number of benzene rings is 1. The van der Waals surface area contributed by atoms with E-state index in [1.54, 1.807) is 19.9 Å². The van der Waals surface area contributed by atoms with Crippen LogP contribution in [-0.4, -0.2) is 12.6 Å². The predicted molar refractivity (Wildman–Crippen MR) is 65.5 cm³/mol. The molecule has 1 rings (SSSR count). The third-order valence-corrected chi connectivity index (χ3v) is 2.16.